The standard InChI is InChI=1S/C15H18N4/c1-2-14(4-3-13-5-8-16-9-6-13)19(11-1)15-7-10-17-12-18-15/h5-10,12,14H,1-4,11H2/t14-/m1/s1. The molecule has 3 rings (SSSR count). The summed E-state index contributed by atoms with van der Waals surface area (Å²) in [6.45, 7) is 1.11. The predicted octanol–water partition coefficient (Wildman–Crippen LogP) is 2.47. The van der Waals surface area contributed by atoms with Gasteiger partial charge in [0.2, 0.25) is 0 Å². The van der Waals surface area contributed by atoms with Crippen molar-refractivity contribution in [3.8, 4) is 0 Å². The van der Waals surface area contributed by atoms with Gasteiger partial charge in [0.15, 0.2) is 0 Å². The lowest BCUT2D eigenvalue weighted by molar-refractivity contribution is 0.605. The molecule has 3 heterocycles. The van der Waals surface area contributed by atoms with Gasteiger partial charge in [-0.2, -0.15) is 0 Å². The van der Waals surface area contributed by atoms with Crippen molar-refractivity contribution in [3.05, 3.63) is 48.7 Å². The molecular weight excluding hydrogens is 236 g/mol. The summed E-state index contributed by atoms with van der Waals surface area (Å²) in [6.07, 6.45) is 12.0. The Morgan fingerprint density at radius 3 is 2.74 bits per heavy atom. The van der Waals surface area contributed by atoms with Gasteiger partial charge in [-0.3, -0.25) is 4.98 Å². The molecule has 1 saturated heterocycles. The fourth-order valence-corrected chi connectivity index (χ4v) is 2.77. The van der Waals surface area contributed by atoms with E-state index < -0.39 is 0 Å². The van der Waals surface area contributed by atoms with Gasteiger partial charge in [0, 0.05) is 31.2 Å². The first-order chi connectivity index (χ1) is 9.43. The number of anilines is 1. The number of aryl methyl sites for hydroxylation is 1. The van der Waals surface area contributed by atoms with Crippen molar-refractivity contribution in [1.82, 2.24) is 15.0 Å². The Bertz CT molecular complexity index is 500. The van der Waals surface area contributed by atoms with E-state index in [-0.39, 0.29) is 0 Å². The van der Waals surface area contributed by atoms with Gasteiger partial charge in [-0.25, -0.2) is 9.97 Å². The monoisotopic (exact) mass is 254 g/mol. The predicted molar refractivity (Wildman–Crippen MR) is 75.0 cm³/mol. The second-order valence-corrected chi connectivity index (χ2v) is 4.95. The molecule has 0 aliphatic carbocycles. The summed E-state index contributed by atoms with van der Waals surface area (Å²) in [4.78, 5) is 14.8. The number of aromatic nitrogens is 3. The first-order valence-corrected chi connectivity index (χ1v) is 6.85. The van der Waals surface area contributed by atoms with Crippen LogP contribution in [-0.2, 0) is 6.42 Å². The van der Waals surface area contributed by atoms with E-state index in [1.165, 1.54) is 24.8 Å². The van der Waals surface area contributed by atoms with Gasteiger partial charge in [-0.15, -0.1) is 0 Å². The number of nitrogens with zero attached hydrogens (tertiary/aromatic N) is 4. The molecule has 4 heteroatoms. The SMILES string of the molecule is c1cc(CC[C@H]2CCCN2c2ccncn2)ccn1. The molecule has 0 N–H and O–H groups in total. The van der Waals surface area contributed by atoms with Crippen LogP contribution in [0.25, 0.3) is 0 Å². The molecule has 1 aliphatic heterocycles. The third-order valence-electron chi connectivity index (χ3n) is 3.75. The van der Waals surface area contributed by atoms with Gasteiger partial charge < -0.3 is 4.90 Å². The Balaban J connectivity index is 1.64. The van der Waals surface area contributed by atoms with Crippen LogP contribution in [0.4, 0.5) is 5.82 Å². The highest BCUT2D eigenvalue weighted by Crippen LogP contribution is 2.26. The largest absolute Gasteiger partial charge is 0.354 e. The quantitative estimate of drug-likeness (QED) is 0.840. The summed E-state index contributed by atoms with van der Waals surface area (Å²) in [7, 11) is 0. The van der Waals surface area contributed by atoms with Gasteiger partial charge in [0.1, 0.15) is 12.1 Å². The van der Waals surface area contributed by atoms with Crippen LogP contribution in [0.2, 0.25) is 0 Å². The Morgan fingerprint density at radius 2 is 1.95 bits per heavy atom. The van der Waals surface area contributed by atoms with Crippen molar-refractivity contribution < 1.29 is 0 Å². The molecule has 0 bridgehead atoms. The second-order valence-electron chi connectivity index (χ2n) is 4.95. The topological polar surface area (TPSA) is 41.9 Å². The van der Waals surface area contributed by atoms with E-state index in [0.717, 1.165) is 18.8 Å². The minimum atomic E-state index is 0.600. The zero-order valence-corrected chi connectivity index (χ0v) is 10.9. The summed E-state index contributed by atoms with van der Waals surface area (Å²) < 4.78 is 0. The number of hydrogen-bond acceptors (Lipinski definition) is 4. The Labute approximate surface area is 113 Å². The van der Waals surface area contributed by atoms with Gasteiger partial charge >= 0.3 is 0 Å². The van der Waals surface area contributed by atoms with Gasteiger partial charge in [-0.05, 0) is 49.4 Å². The van der Waals surface area contributed by atoms with Gasteiger partial charge in [0.25, 0.3) is 0 Å². The highest BCUT2D eigenvalue weighted by molar-refractivity contribution is 5.39. The fraction of sp³-hybridized carbons (Fsp3) is 0.400. The smallest absolute Gasteiger partial charge is 0.132 e. The zero-order valence-electron chi connectivity index (χ0n) is 10.9. The van der Waals surface area contributed by atoms with E-state index in [1.54, 1.807) is 6.33 Å². The third-order valence-corrected chi connectivity index (χ3v) is 3.75. The molecule has 1 aliphatic rings. The molecule has 4 nitrogen and oxygen atoms in total. The second kappa shape index (κ2) is 5.78. The average molecular weight is 254 g/mol. The van der Waals surface area contributed by atoms with Crippen molar-refractivity contribution in [3.63, 3.8) is 0 Å². The van der Waals surface area contributed by atoms with Crippen LogP contribution in [0.1, 0.15) is 24.8 Å². The summed E-state index contributed by atoms with van der Waals surface area (Å²) >= 11 is 0. The van der Waals surface area contributed by atoms with E-state index in [4.69, 9.17) is 0 Å². The number of pyridine rings is 1. The van der Waals surface area contributed by atoms with Crippen molar-refractivity contribution in [2.24, 2.45) is 0 Å². The van der Waals surface area contributed by atoms with E-state index in [9.17, 15) is 0 Å². The molecule has 2 aromatic heterocycles. The minimum Gasteiger partial charge on any atom is -0.354 e. The van der Waals surface area contributed by atoms with E-state index in [0.29, 0.717) is 6.04 Å². The molecular formula is C15H18N4. The third kappa shape index (κ3) is 2.89. The first kappa shape index (κ1) is 12.1. The summed E-state index contributed by atoms with van der Waals surface area (Å²) in [6, 6.07) is 6.81. The molecule has 0 aromatic carbocycles. The maximum atomic E-state index is 4.37. The van der Waals surface area contributed by atoms with Crippen LogP contribution in [0, 0.1) is 0 Å². The Morgan fingerprint density at radius 1 is 1.11 bits per heavy atom. The molecule has 98 valence electrons. The zero-order chi connectivity index (χ0) is 12.9. The van der Waals surface area contributed by atoms with Crippen molar-refractivity contribution in [1.29, 1.82) is 0 Å². The lowest BCUT2D eigenvalue weighted by atomic mass is 10.0. The normalized spacial score (nSPS) is 18.7. The Kier molecular flexibility index (Phi) is 3.68. The van der Waals surface area contributed by atoms with Crippen LogP contribution in [0.3, 0.4) is 0 Å². The highest BCUT2D eigenvalue weighted by Gasteiger charge is 2.25. The van der Waals surface area contributed by atoms with Crippen LogP contribution in [0.15, 0.2) is 43.1 Å². The molecule has 0 spiro atoms. The fourth-order valence-electron chi connectivity index (χ4n) is 2.77. The van der Waals surface area contributed by atoms with Crippen molar-refractivity contribution in [2.75, 3.05) is 11.4 Å². The molecule has 1 atom stereocenters. The molecule has 0 saturated carbocycles. The molecule has 0 radical (unpaired) electrons. The lowest BCUT2D eigenvalue weighted by Gasteiger charge is -2.25. The van der Waals surface area contributed by atoms with E-state index >= 15 is 0 Å². The van der Waals surface area contributed by atoms with Crippen molar-refractivity contribution >= 4 is 5.82 Å². The first-order valence-electron chi connectivity index (χ1n) is 6.85. The molecule has 0 unspecified atom stereocenters. The molecule has 19 heavy (non-hydrogen) atoms. The van der Waals surface area contributed by atoms with Crippen LogP contribution >= 0.6 is 0 Å². The minimum absolute atomic E-state index is 0.600. The average Bonchev–Trinajstić information content (AvgIpc) is 2.95. The van der Waals surface area contributed by atoms with Gasteiger partial charge in [0.05, 0.1) is 0 Å². The Hall–Kier alpha value is -1.97. The van der Waals surface area contributed by atoms with Crippen LogP contribution in [0.5, 0.6) is 0 Å². The van der Waals surface area contributed by atoms with Gasteiger partial charge in [-0.1, -0.05) is 0 Å². The summed E-state index contributed by atoms with van der Waals surface area (Å²) in [5, 5.41) is 0. The lowest BCUT2D eigenvalue weighted by Crippen LogP contribution is -2.30. The van der Waals surface area contributed by atoms with Crippen LogP contribution < -0.4 is 4.90 Å². The highest BCUT2D eigenvalue weighted by atomic mass is 15.2. The summed E-state index contributed by atoms with van der Waals surface area (Å²) in [5.74, 6) is 1.06. The maximum Gasteiger partial charge on any atom is 0.132 e. The molecule has 2 aromatic rings. The number of hydrogen-bond donors (Lipinski definition) is 0. The van der Waals surface area contributed by atoms with E-state index in [2.05, 4.69) is 32.0 Å². The maximum absolute atomic E-state index is 4.37. The molecule has 1 fully saturated rings. The summed E-state index contributed by atoms with van der Waals surface area (Å²) in [5.41, 5.74) is 1.37. The van der Waals surface area contributed by atoms with Crippen molar-refractivity contribution in [2.45, 2.75) is 31.7 Å². The number of rotatable bonds is 4. The molecule has 0 amide bonds. The van der Waals surface area contributed by atoms with E-state index in [1.807, 2.05) is 24.7 Å². The van der Waals surface area contributed by atoms with Crippen LogP contribution in [-0.4, -0.2) is 27.5 Å².